The predicted octanol–water partition coefficient (Wildman–Crippen LogP) is 1.26. The molecule has 0 radical (unpaired) electrons. The van der Waals surface area contributed by atoms with E-state index in [1.54, 1.807) is 24.7 Å². The van der Waals surface area contributed by atoms with Crippen LogP contribution in [0.25, 0.3) is 10.8 Å². The Kier molecular flexibility index (Phi) is 1.33. The van der Waals surface area contributed by atoms with Crippen LogP contribution < -0.4 is 0 Å². The van der Waals surface area contributed by atoms with E-state index in [1.807, 2.05) is 0 Å². The number of carboxylic acids is 1. The van der Waals surface area contributed by atoms with Gasteiger partial charge in [0.25, 0.3) is 0 Å². The summed E-state index contributed by atoms with van der Waals surface area (Å²) in [5.41, 5.74) is 0.215. The first-order chi connectivity index (χ1) is 5.79. The van der Waals surface area contributed by atoms with Crippen molar-refractivity contribution in [2.45, 2.75) is 0 Å². The largest absolute Gasteiger partial charge is 0.477 e. The number of rotatable bonds is 1. The first-order valence-electron chi connectivity index (χ1n) is 3.43. The first-order valence-corrected chi connectivity index (χ1v) is 3.43. The number of carboxylic acid groups (broad SMARTS) is 1. The molecule has 2 aromatic rings. The van der Waals surface area contributed by atoms with Crippen molar-refractivity contribution in [1.29, 1.82) is 0 Å². The van der Waals surface area contributed by atoms with E-state index in [9.17, 15) is 4.79 Å². The molecule has 0 saturated heterocycles. The van der Waals surface area contributed by atoms with E-state index in [1.165, 1.54) is 0 Å². The minimum atomic E-state index is -0.948. The molecule has 0 aliphatic rings. The smallest absolute Gasteiger partial charge is 0.352 e. The highest BCUT2D eigenvalue weighted by Crippen LogP contribution is 2.15. The molecule has 2 aromatic heterocycles. The summed E-state index contributed by atoms with van der Waals surface area (Å²) in [6.07, 6.45) is 4.83. The van der Waals surface area contributed by atoms with Gasteiger partial charge in [0.05, 0.1) is 0 Å². The topological polar surface area (TPSA) is 66.0 Å². The standard InChI is InChI=1S/C8H6N2O2/c11-8(12)7-6-1-2-9-3-5(6)4-10-7/h1-4,10H,(H,11,12). The number of nitrogens with one attached hydrogen (secondary N) is 1. The Morgan fingerprint density at radius 2 is 2.42 bits per heavy atom. The molecule has 0 atom stereocenters. The molecule has 2 heterocycles. The minimum Gasteiger partial charge on any atom is -0.477 e. The van der Waals surface area contributed by atoms with Crippen LogP contribution in [-0.4, -0.2) is 21.0 Å². The Hall–Kier alpha value is -1.84. The van der Waals surface area contributed by atoms with Crippen molar-refractivity contribution in [2.24, 2.45) is 0 Å². The molecule has 60 valence electrons. The van der Waals surface area contributed by atoms with E-state index in [-0.39, 0.29) is 5.69 Å². The maximum Gasteiger partial charge on any atom is 0.352 e. The third-order valence-electron chi connectivity index (χ3n) is 1.71. The third-order valence-corrected chi connectivity index (χ3v) is 1.71. The van der Waals surface area contributed by atoms with Crippen LogP contribution in [0.15, 0.2) is 24.7 Å². The number of aromatic amines is 1. The number of pyridine rings is 1. The highest BCUT2D eigenvalue weighted by Gasteiger charge is 2.08. The molecular weight excluding hydrogens is 156 g/mol. The summed E-state index contributed by atoms with van der Waals surface area (Å²) in [7, 11) is 0. The van der Waals surface area contributed by atoms with Crippen LogP contribution in [0.1, 0.15) is 10.5 Å². The zero-order valence-corrected chi connectivity index (χ0v) is 6.11. The zero-order chi connectivity index (χ0) is 8.55. The summed E-state index contributed by atoms with van der Waals surface area (Å²) in [6, 6.07) is 1.68. The SMILES string of the molecule is O=C(O)c1[nH]cc2cnccc12. The summed E-state index contributed by atoms with van der Waals surface area (Å²) < 4.78 is 0. The normalized spacial score (nSPS) is 10.3. The fourth-order valence-electron chi connectivity index (χ4n) is 1.15. The number of aromatic nitrogens is 2. The van der Waals surface area contributed by atoms with Crippen molar-refractivity contribution < 1.29 is 9.90 Å². The average molecular weight is 162 g/mol. The molecular formula is C8H6N2O2. The van der Waals surface area contributed by atoms with E-state index in [2.05, 4.69) is 9.97 Å². The monoisotopic (exact) mass is 162 g/mol. The molecule has 2 N–H and O–H groups in total. The van der Waals surface area contributed by atoms with Gasteiger partial charge in [0.15, 0.2) is 0 Å². The molecule has 0 aliphatic heterocycles. The highest BCUT2D eigenvalue weighted by atomic mass is 16.4. The molecule has 0 unspecified atom stereocenters. The van der Waals surface area contributed by atoms with Gasteiger partial charge in [0, 0.05) is 29.4 Å². The lowest BCUT2D eigenvalue weighted by molar-refractivity contribution is 0.0693. The Morgan fingerprint density at radius 1 is 1.58 bits per heavy atom. The Morgan fingerprint density at radius 3 is 3.17 bits per heavy atom. The van der Waals surface area contributed by atoms with Gasteiger partial charge in [-0.15, -0.1) is 0 Å². The molecule has 2 rings (SSSR count). The summed E-state index contributed by atoms with van der Waals surface area (Å²) in [5, 5.41) is 10.2. The molecule has 0 fully saturated rings. The molecule has 0 spiro atoms. The van der Waals surface area contributed by atoms with Gasteiger partial charge < -0.3 is 10.1 Å². The Labute approximate surface area is 67.9 Å². The molecule has 4 nitrogen and oxygen atoms in total. The second-order valence-corrected chi connectivity index (χ2v) is 2.43. The molecule has 0 saturated carbocycles. The minimum absolute atomic E-state index is 0.215. The second-order valence-electron chi connectivity index (χ2n) is 2.43. The quantitative estimate of drug-likeness (QED) is 0.663. The van der Waals surface area contributed by atoms with Crippen LogP contribution in [0.4, 0.5) is 0 Å². The van der Waals surface area contributed by atoms with Gasteiger partial charge in [-0.25, -0.2) is 4.79 Å². The lowest BCUT2D eigenvalue weighted by atomic mass is 10.2. The number of nitrogens with zero attached hydrogens (tertiary/aromatic N) is 1. The molecule has 4 heteroatoms. The van der Waals surface area contributed by atoms with Crippen molar-refractivity contribution in [3.05, 3.63) is 30.4 Å². The number of aromatic carboxylic acids is 1. The Balaban J connectivity index is 2.79. The fraction of sp³-hybridized carbons (Fsp3) is 0. The van der Waals surface area contributed by atoms with Crippen molar-refractivity contribution in [3.63, 3.8) is 0 Å². The van der Waals surface area contributed by atoms with Crippen LogP contribution in [0.3, 0.4) is 0 Å². The van der Waals surface area contributed by atoms with Crippen LogP contribution >= 0.6 is 0 Å². The Bertz CT molecular complexity index is 433. The maximum absolute atomic E-state index is 10.6. The second kappa shape index (κ2) is 2.34. The van der Waals surface area contributed by atoms with Crippen LogP contribution in [0.2, 0.25) is 0 Å². The van der Waals surface area contributed by atoms with E-state index in [0.29, 0.717) is 5.39 Å². The van der Waals surface area contributed by atoms with Crippen molar-refractivity contribution >= 4 is 16.7 Å². The van der Waals surface area contributed by atoms with E-state index < -0.39 is 5.97 Å². The van der Waals surface area contributed by atoms with E-state index in [0.717, 1.165) is 5.39 Å². The van der Waals surface area contributed by atoms with Gasteiger partial charge >= 0.3 is 5.97 Å². The van der Waals surface area contributed by atoms with Gasteiger partial charge in [0.2, 0.25) is 0 Å². The lowest BCUT2D eigenvalue weighted by Crippen LogP contribution is -1.96. The lowest BCUT2D eigenvalue weighted by Gasteiger charge is -1.89. The summed E-state index contributed by atoms with van der Waals surface area (Å²) in [4.78, 5) is 17.2. The molecule has 12 heavy (non-hydrogen) atoms. The van der Waals surface area contributed by atoms with Gasteiger partial charge in [-0.05, 0) is 6.07 Å². The summed E-state index contributed by atoms with van der Waals surface area (Å²) >= 11 is 0. The summed E-state index contributed by atoms with van der Waals surface area (Å²) in [5.74, 6) is -0.948. The van der Waals surface area contributed by atoms with Crippen molar-refractivity contribution in [2.75, 3.05) is 0 Å². The fourth-order valence-corrected chi connectivity index (χ4v) is 1.15. The average Bonchev–Trinajstić information content (AvgIpc) is 2.47. The van der Waals surface area contributed by atoms with Crippen LogP contribution in [0.5, 0.6) is 0 Å². The highest BCUT2D eigenvalue weighted by molar-refractivity contribution is 6.02. The first kappa shape index (κ1) is 6.84. The number of H-pyrrole nitrogens is 1. The number of fused-ring (bicyclic) bond motifs is 1. The van der Waals surface area contributed by atoms with Crippen LogP contribution in [-0.2, 0) is 0 Å². The van der Waals surface area contributed by atoms with Crippen molar-refractivity contribution in [3.8, 4) is 0 Å². The molecule has 0 bridgehead atoms. The maximum atomic E-state index is 10.6. The summed E-state index contributed by atoms with van der Waals surface area (Å²) in [6.45, 7) is 0. The number of hydrogen-bond donors (Lipinski definition) is 2. The van der Waals surface area contributed by atoms with Gasteiger partial charge in [-0.2, -0.15) is 0 Å². The van der Waals surface area contributed by atoms with Crippen LogP contribution in [0, 0.1) is 0 Å². The van der Waals surface area contributed by atoms with Crippen molar-refractivity contribution in [1.82, 2.24) is 9.97 Å². The predicted molar refractivity (Wildman–Crippen MR) is 43.1 cm³/mol. The van der Waals surface area contributed by atoms with Gasteiger partial charge in [-0.1, -0.05) is 0 Å². The van der Waals surface area contributed by atoms with Gasteiger partial charge in [0.1, 0.15) is 5.69 Å². The molecule has 0 amide bonds. The van der Waals surface area contributed by atoms with E-state index in [4.69, 9.17) is 5.11 Å². The zero-order valence-electron chi connectivity index (χ0n) is 6.11. The molecule has 0 aromatic carbocycles. The number of carbonyl (C=O) groups is 1. The van der Waals surface area contributed by atoms with E-state index >= 15 is 0 Å². The molecule has 0 aliphatic carbocycles. The number of hydrogen-bond acceptors (Lipinski definition) is 2. The third kappa shape index (κ3) is 0.852. The van der Waals surface area contributed by atoms with Gasteiger partial charge in [-0.3, -0.25) is 4.98 Å².